The van der Waals surface area contributed by atoms with Gasteiger partial charge in [0.25, 0.3) is 0 Å². The van der Waals surface area contributed by atoms with Gasteiger partial charge in [-0.2, -0.15) is 0 Å². The molecular weight excluding hydrogens is 60.9 g/mol. The van der Waals surface area contributed by atoms with Crippen LogP contribution in [0.4, 0.5) is 0 Å². The minimum absolute atomic E-state index is 0.413. The van der Waals surface area contributed by atoms with Gasteiger partial charge in [-0.1, -0.05) is 0 Å². The standard InChI is InChI=1S/C3H6BN/c1-2-5-3-4/h2H,3H2,1H3/b5-2-. The molecule has 0 saturated carbocycles. The quantitative estimate of drug-likeness (QED) is 0.307. The summed E-state index contributed by atoms with van der Waals surface area (Å²) in [6.07, 6.45) is 2.09. The number of rotatable bonds is 1. The van der Waals surface area contributed by atoms with Crippen LogP contribution in [0.3, 0.4) is 0 Å². The van der Waals surface area contributed by atoms with Crippen LogP contribution >= 0.6 is 0 Å². The Balaban J connectivity index is 2.62. The fourth-order valence-corrected chi connectivity index (χ4v) is 0.105. The van der Waals surface area contributed by atoms with Gasteiger partial charge in [0.15, 0.2) is 0 Å². The first-order chi connectivity index (χ1) is 2.41. The lowest BCUT2D eigenvalue weighted by molar-refractivity contribution is 1.38. The normalized spacial score (nSPS) is 9.80. The maximum Gasteiger partial charge on any atom is 0.0971 e. The molecule has 0 aromatic carbocycles. The third-order valence-electron chi connectivity index (χ3n) is 0.288. The Morgan fingerprint density at radius 3 is 2.60 bits per heavy atom. The number of aliphatic imine (C=N–C) groups is 1. The predicted octanol–water partition coefficient (Wildman–Crippen LogP) is 0.203. The van der Waals surface area contributed by atoms with Gasteiger partial charge in [0.1, 0.15) is 0 Å². The van der Waals surface area contributed by atoms with Crippen molar-refractivity contribution >= 4 is 14.1 Å². The number of hydrogen-bond acceptors (Lipinski definition) is 1. The molecule has 0 saturated heterocycles. The van der Waals surface area contributed by atoms with Crippen LogP contribution < -0.4 is 0 Å². The van der Waals surface area contributed by atoms with E-state index < -0.39 is 0 Å². The van der Waals surface area contributed by atoms with E-state index in [1.165, 1.54) is 0 Å². The van der Waals surface area contributed by atoms with Crippen molar-refractivity contribution in [2.75, 3.05) is 6.44 Å². The zero-order valence-electron chi connectivity index (χ0n) is 3.31. The van der Waals surface area contributed by atoms with Crippen molar-refractivity contribution in [1.82, 2.24) is 0 Å². The molecule has 5 heavy (non-hydrogen) atoms. The van der Waals surface area contributed by atoms with E-state index in [-0.39, 0.29) is 0 Å². The molecule has 2 heteroatoms. The summed E-state index contributed by atoms with van der Waals surface area (Å²) in [7, 11) is 4.94. The highest BCUT2D eigenvalue weighted by molar-refractivity contribution is 6.09. The Labute approximate surface area is 33.5 Å². The van der Waals surface area contributed by atoms with Crippen molar-refractivity contribution < 1.29 is 0 Å². The van der Waals surface area contributed by atoms with Crippen LogP contribution in [0.1, 0.15) is 6.92 Å². The van der Waals surface area contributed by atoms with Crippen molar-refractivity contribution in [3.05, 3.63) is 0 Å². The Hall–Kier alpha value is -0.265. The first kappa shape index (κ1) is 4.73. The van der Waals surface area contributed by atoms with Gasteiger partial charge in [-0.25, -0.2) is 0 Å². The smallest absolute Gasteiger partial charge is 0.0971 e. The zero-order chi connectivity index (χ0) is 4.12. The SMILES string of the molecule is [B]C/N=C\C. The molecule has 0 aliphatic heterocycles. The van der Waals surface area contributed by atoms with Gasteiger partial charge in [0, 0.05) is 0 Å². The Kier molecular flexibility index (Phi) is 3.54. The van der Waals surface area contributed by atoms with Crippen LogP contribution in [0.15, 0.2) is 4.99 Å². The molecular formula is C3H6BN. The van der Waals surface area contributed by atoms with Crippen LogP contribution in [0, 0.1) is 0 Å². The van der Waals surface area contributed by atoms with Crippen LogP contribution in [-0.2, 0) is 0 Å². The molecule has 0 amide bonds. The van der Waals surface area contributed by atoms with Crippen molar-refractivity contribution in [2.45, 2.75) is 6.92 Å². The summed E-state index contributed by atoms with van der Waals surface area (Å²) in [6.45, 7) is 1.84. The van der Waals surface area contributed by atoms with Crippen molar-refractivity contribution in [3.8, 4) is 0 Å². The Bertz CT molecular complexity index is 33.9. The lowest BCUT2D eigenvalue weighted by Gasteiger charge is -1.68. The maximum atomic E-state index is 4.94. The molecule has 0 fully saturated rings. The van der Waals surface area contributed by atoms with Gasteiger partial charge >= 0.3 is 0 Å². The number of hydrogen-bond donors (Lipinski definition) is 0. The summed E-state index contributed by atoms with van der Waals surface area (Å²) in [5, 5.41) is 0. The van der Waals surface area contributed by atoms with Crippen molar-refractivity contribution in [3.63, 3.8) is 0 Å². The second-order valence-corrected chi connectivity index (χ2v) is 0.623. The third kappa shape index (κ3) is 3.73. The Morgan fingerprint density at radius 1 is 2.00 bits per heavy atom. The average molecular weight is 66.9 g/mol. The van der Waals surface area contributed by atoms with E-state index in [1.54, 1.807) is 6.21 Å². The largest absolute Gasteiger partial charge is 0.308 e. The molecule has 0 aliphatic carbocycles. The highest BCUT2D eigenvalue weighted by Crippen LogP contribution is 1.51. The van der Waals surface area contributed by atoms with Crippen LogP contribution in [0.25, 0.3) is 0 Å². The molecule has 0 aromatic rings. The van der Waals surface area contributed by atoms with Gasteiger partial charge in [0.05, 0.1) is 7.85 Å². The van der Waals surface area contributed by atoms with Gasteiger partial charge in [-0.15, -0.1) is 0 Å². The molecule has 0 spiro atoms. The average Bonchev–Trinajstić information content (AvgIpc) is 1.41. The second kappa shape index (κ2) is 3.73. The first-order valence-electron chi connectivity index (χ1n) is 1.56. The van der Waals surface area contributed by atoms with Crippen LogP contribution in [0.5, 0.6) is 0 Å². The van der Waals surface area contributed by atoms with E-state index in [0.717, 1.165) is 0 Å². The molecule has 0 atom stereocenters. The van der Waals surface area contributed by atoms with E-state index in [1.807, 2.05) is 6.92 Å². The topological polar surface area (TPSA) is 12.4 Å². The molecule has 26 valence electrons. The third-order valence-corrected chi connectivity index (χ3v) is 0.288. The summed E-state index contributed by atoms with van der Waals surface area (Å²) in [5.74, 6) is 0. The highest BCUT2D eigenvalue weighted by Gasteiger charge is 1.51. The van der Waals surface area contributed by atoms with Crippen molar-refractivity contribution in [1.29, 1.82) is 0 Å². The van der Waals surface area contributed by atoms with Crippen LogP contribution in [-0.4, -0.2) is 20.5 Å². The minimum Gasteiger partial charge on any atom is -0.308 e. The van der Waals surface area contributed by atoms with E-state index in [0.29, 0.717) is 6.44 Å². The lowest BCUT2D eigenvalue weighted by Crippen LogP contribution is -1.71. The second-order valence-electron chi connectivity index (χ2n) is 0.623. The van der Waals surface area contributed by atoms with Crippen LogP contribution in [0.2, 0.25) is 0 Å². The molecule has 0 aromatic heterocycles. The minimum atomic E-state index is 0.413. The zero-order valence-corrected chi connectivity index (χ0v) is 3.31. The summed E-state index contributed by atoms with van der Waals surface area (Å²) >= 11 is 0. The van der Waals surface area contributed by atoms with Crippen molar-refractivity contribution in [2.24, 2.45) is 4.99 Å². The molecule has 0 unspecified atom stereocenters. The van der Waals surface area contributed by atoms with Gasteiger partial charge < -0.3 is 4.99 Å². The molecule has 0 N–H and O–H groups in total. The molecule has 1 nitrogen and oxygen atoms in total. The molecule has 2 radical (unpaired) electrons. The maximum absolute atomic E-state index is 4.94. The molecule has 0 bridgehead atoms. The molecule has 0 heterocycles. The molecule has 0 rings (SSSR count). The first-order valence-corrected chi connectivity index (χ1v) is 1.56. The monoisotopic (exact) mass is 67.1 g/mol. The lowest BCUT2D eigenvalue weighted by atomic mass is 10.2. The van der Waals surface area contributed by atoms with Gasteiger partial charge in [-0.3, -0.25) is 0 Å². The summed E-state index contributed by atoms with van der Waals surface area (Å²) < 4.78 is 0. The van der Waals surface area contributed by atoms with E-state index in [9.17, 15) is 0 Å². The number of nitrogens with zero attached hydrogens (tertiary/aromatic N) is 1. The van der Waals surface area contributed by atoms with Gasteiger partial charge in [0.2, 0.25) is 0 Å². The van der Waals surface area contributed by atoms with E-state index in [4.69, 9.17) is 7.85 Å². The summed E-state index contributed by atoms with van der Waals surface area (Å²) in [4.78, 5) is 3.62. The van der Waals surface area contributed by atoms with Gasteiger partial charge in [-0.05, 0) is 19.6 Å². The van der Waals surface area contributed by atoms with E-state index in [2.05, 4.69) is 4.99 Å². The fourth-order valence-electron chi connectivity index (χ4n) is 0.105. The highest BCUT2D eigenvalue weighted by atomic mass is 14.6. The van der Waals surface area contributed by atoms with E-state index >= 15 is 0 Å². The Morgan fingerprint density at radius 2 is 2.60 bits per heavy atom. The predicted molar refractivity (Wildman–Crippen MR) is 24.8 cm³/mol. The molecule has 0 aliphatic rings. The summed E-state index contributed by atoms with van der Waals surface area (Å²) in [6, 6.07) is 0. The fraction of sp³-hybridized carbons (Fsp3) is 0.667. The summed E-state index contributed by atoms with van der Waals surface area (Å²) in [5.41, 5.74) is 0.